The molecule has 34 heavy (non-hydrogen) atoms. The van der Waals surface area contributed by atoms with Crippen LogP contribution in [0.4, 0.5) is 0 Å². The van der Waals surface area contributed by atoms with Crippen molar-refractivity contribution in [3.8, 4) is 0 Å². The highest BCUT2D eigenvalue weighted by molar-refractivity contribution is 6.02. The van der Waals surface area contributed by atoms with Gasteiger partial charge in [0, 0.05) is 13.1 Å². The first-order valence-corrected chi connectivity index (χ1v) is 11.9. The van der Waals surface area contributed by atoms with Crippen molar-refractivity contribution in [2.45, 2.75) is 40.8 Å². The third-order valence-electron chi connectivity index (χ3n) is 5.48. The molecule has 0 bridgehead atoms. The van der Waals surface area contributed by atoms with Crippen molar-refractivity contribution < 1.29 is 4.79 Å². The van der Waals surface area contributed by atoms with Gasteiger partial charge in [0.1, 0.15) is 11.6 Å². The molecule has 4 aromatic rings. The van der Waals surface area contributed by atoms with Gasteiger partial charge < -0.3 is 9.13 Å². The van der Waals surface area contributed by atoms with Crippen LogP contribution >= 0.6 is 0 Å². The SMILES string of the molecule is CC(C)Cn1c(/C=C/C=C/C(=O)/C=C/c2nc3ccccc3n2CC(C)C)nc2ccccc21. The fourth-order valence-electron chi connectivity index (χ4n) is 4.06. The fraction of sp³-hybridized carbons (Fsp3) is 0.276. The number of carbonyl (C=O) groups is 1. The molecule has 0 atom stereocenters. The lowest BCUT2D eigenvalue weighted by Crippen LogP contribution is -2.06. The molecule has 0 radical (unpaired) electrons. The molecule has 0 unspecified atom stereocenters. The number of hydrogen-bond acceptors (Lipinski definition) is 3. The average molecular weight is 453 g/mol. The van der Waals surface area contributed by atoms with Gasteiger partial charge in [-0.1, -0.05) is 64.1 Å². The number of fused-ring (bicyclic) bond motifs is 2. The monoisotopic (exact) mass is 452 g/mol. The molecule has 5 heteroatoms. The van der Waals surface area contributed by atoms with Gasteiger partial charge in [-0.25, -0.2) is 9.97 Å². The Kier molecular flexibility index (Phi) is 7.21. The van der Waals surface area contributed by atoms with E-state index in [0.29, 0.717) is 11.8 Å². The normalized spacial score (nSPS) is 12.6. The van der Waals surface area contributed by atoms with Gasteiger partial charge in [-0.2, -0.15) is 0 Å². The van der Waals surface area contributed by atoms with Crippen molar-refractivity contribution in [1.29, 1.82) is 0 Å². The summed E-state index contributed by atoms with van der Waals surface area (Å²) in [5, 5.41) is 0. The molecule has 0 aliphatic rings. The van der Waals surface area contributed by atoms with Crippen LogP contribution in [0.1, 0.15) is 39.3 Å². The molecule has 0 aliphatic heterocycles. The van der Waals surface area contributed by atoms with E-state index in [9.17, 15) is 4.79 Å². The van der Waals surface area contributed by atoms with E-state index < -0.39 is 0 Å². The van der Waals surface area contributed by atoms with Crippen LogP contribution in [0.2, 0.25) is 0 Å². The molecule has 2 aromatic heterocycles. The number of ketones is 1. The second-order valence-electron chi connectivity index (χ2n) is 9.38. The lowest BCUT2D eigenvalue weighted by Gasteiger charge is -2.09. The molecule has 0 spiro atoms. The number of hydrogen-bond donors (Lipinski definition) is 0. The van der Waals surface area contributed by atoms with Crippen LogP contribution < -0.4 is 0 Å². The van der Waals surface area contributed by atoms with E-state index in [4.69, 9.17) is 9.97 Å². The molecule has 0 saturated heterocycles. The average Bonchev–Trinajstić information content (AvgIpc) is 3.33. The number of rotatable bonds is 9. The maximum absolute atomic E-state index is 12.5. The molecule has 0 saturated carbocycles. The van der Waals surface area contributed by atoms with E-state index in [-0.39, 0.29) is 5.78 Å². The van der Waals surface area contributed by atoms with Crippen molar-refractivity contribution in [2.75, 3.05) is 0 Å². The summed E-state index contributed by atoms with van der Waals surface area (Å²) in [5.74, 6) is 2.60. The number of allylic oxidation sites excluding steroid dienone is 4. The Morgan fingerprint density at radius 3 is 1.76 bits per heavy atom. The highest BCUT2D eigenvalue weighted by atomic mass is 16.1. The highest BCUT2D eigenvalue weighted by Gasteiger charge is 2.10. The van der Waals surface area contributed by atoms with E-state index in [1.54, 1.807) is 24.3 Å². The van der Waals surface area contributed by atoms with E-state index in [0.717, 1.165) is 46.8 Å². The number of nitrogens with zero attached hydrogens (tertiary/aromatic N) is 4. The van der Waals surface area contributed by atoms with E-state index in [1.807, 2.05) is 48.6 Å². The standard InChI is InChI=1S/C29H32N4O/c1-21(2)19-32-26-14-8-6-12-24(26)30-28(32)16-10-5-11-23(34)17-18-29-31-25-13-7-9-15-27(25)33(29)20-22(3)4/h5-18,21-22H,19-20H2,1-4H3/b11-5+,16-10+,18-17+. The van der Waals surface area contributed by atoms with Crippen LogP contribution in [0.25, 0.3) is 34.2 Å². The Morgan fingerprint density at radius 2 is 1.24 bits per heavy atom. The molecule has 0 fully saturated rings. The third kappa shape index (κ3) is 5.42. The molecular formula is C29H32N4O. The maximum Gasteiger partial charge on any atom is 0.178 e. The largest absolute Gasteiger partial charge is 0.324 e. The summed E-state index contributed by atoms with van der Waals surface area (Å²) >= 11 is 0. The first kappa shape index (κ1) is 23.4. The van der Waals surface area contributed by atoms with Gasteiger partial charge in [0.25, 0.3) is 0 Å². The lowest BCUT2D eigenvalue weighted by atomic mass is 10.2. The van der Waals surface area contributed by atoms with Gasteiger partial charge in [-0.3, -0.25) is 4.79 Å². The summed E-state index contributed by atoms with van der Waals surface area (Å²) in [7, 11) is 0. The Morgan fingerprint density at radius 1 is 0.735 bits per heavy atom. The summed E-state index contributed by atoms with van der Waals surface area (Å²) < 4.78 is 4.40. The van der Waals surface area contributed by atoms with Crippen molar-refractivity contribution in [1.82, 2.24) is 19.1 Å². The smallest absolute Gasteiger partial charge is 0.178 e. The Bertz CT molecular complexity index is 1380. The molecule has 0 aliphatic carbocycles. The quantitative estimate of drug-likeness (QED) is 0.214. The summed E-state index contributed by atoms with van der Waals surface area (Å²) in [5.41, 5.74) is 4.14. The minimum absolute atomic E-state index is 0.0801. The first-order chi connectivity index (χ1) is 16.4. The number of carbonyl (C=O) groups excluding carboxylic acids is 1. The van der Waals surface area contributed by atoms with E-state index in [2.05, 4.69) is 49.0 Å². The molecule has 2 heterocycles. The van der Waals surface area contributed by atoms with Gasteiger partial charge in [-0.15, -0.1) is 0 Å². The Balaban J connectivity index is 1.49. The van der Waals surface area contributed by atoms with Gasteiger partial charge in [0.2, 0.25) is 0 Å². The summed E-state index contributed by atoms with van der Waals surface area (Å²) in [6.45, 7) is 10.5. The van der Waals surface area contributed by atoms with Gasteiger partial charge in [0.15, 0.2) is 5.78 Å². The van der Waals surface area contributed by atoms with Crippen molar-refractivity contribution in [2.24, 2.45) is 11.8 Å². The lowest BCUT2D eigenvalue weighted by molar-refractivity contribution is -0.110. The molecule has 174 valence electrons. The molecule has 0 amide bonds. The first-order valence-electron chi connectivity index (χ1n) is 11.9. The second kappa shape index (κ2) is 10.5. The zero-order valence-electron chi connectivity index (χ0n) is 20.3. The highest BCUT2D eigenvalue weighted by Crippen LogP contribution is 2.20. The molecule has 4 rings (SSSR count). The van der Waals surface area contributed by atoms with Crippen LogP contribution in [0, 0.1) is 11.8 Å². The van der Waals surface area contributed by atoms with Crippen LogP contribution in [0.5, 0.6) is 0 Å². The van der Waals surface area contributed by atoms with Crippen LogP contribution in [-0.2, 0) is 17.9 Å². The van der Waals surface area contributed by atoms with Gasteiger partial charge in [-0.05, 0) is 60.4 Å². The van der Waals surface area contributed by atoms with Crippen LogP contribution in [0.15, 0.2) is 72.8 Å². The Hall–Kier alpha value is -3.73. The molecular weight excluding hydrogens is 420 g/mol. The van der Waals surface area contributed by atoms with E-state index >= 15 is 0 Å². The fourth-order valence-corrected chi connectivity index (χ4v) is 4.06. The molecule has 5 nitrogen and oxygen atoms in total. The topological polar surface area (TPSA) is 52.7 Å². The predicted octanol–water partition coefficient (Wildman–Crippen LogP) is 6.55. The zero-order valence-corrected chi connectivity index (χ0v) is 20.3. The molecule has 0 N–H and O–H groups in total. The maximum atomic E-state index is 12.5. The Labute approximate surface area is 201 Å². The van der Waals surface area contributed by atoms with Crippen LogP contribution in [0.3, 0.4) is 0 Å². The third-order valence-corrected chi connectivity index (χ3v) is 5.48. The molecule has 2 aromatic carbocycles. The zero-order chi connectivity index (χ0) is 24.1. The van der Waals surface area contributed by atoms with Crippen molar-refractivity contribution in [3.63, 3.8) is 0 Å². The van der Waals surface area contributed by atoms with Crippen LogP contribution in [-0.4, -0.2) is 24.9 Å². The van der Waals surface area contributed by atoms with Gasteiger partial charge >= 0.3 is 0 Å². The predicted molar refractivity (Wildman–Crippen MR) is 141 cm³/mol. The van der Waals surface area contributed by atoms with Crippen molar-refractivity contribution >= 4 is 40.0 Å². The van der Waals surface area contributed by atoms with Crippen molar-refractivity contribution in [3.05, 3.63) is 84.5 Å². The van der Waals surface area contributed by atoms with Gasteiger partial charge in [0.05, 0.1) is 22.1 Å². The minimum atomic E-state index is -0.0801. The van der Waals surface area contributed by atoms with E-state index in [1.165, 1.54) is 0 Å². The summed E-state index contributed by atoms with van der Waals surface area (Å²) in [6.07, 6.45) is 10.5. The minimum Gasteiger partial charge on any atom is -0.324 e. The number of para-hydroxylation sites is 4. The second-order valence-corrected chi connectivity index (χ2v) is 9.38. The summed E-state index contributed by atoms with van der Waals surface area (Å²) in [6, 6.07) is 16.2. The number of benzene rings is 2. The summed E-state index contributed by atoms with van der Waals surface area (Å²) in [4.78, 5) is 21.9. The number of aromatic nitrogens is 4. The number of imidazole rings is 2.